The summed E-state index contributed by atoms with van der Waals surface area (Å²) in [6.07, 6.45) is 1.49. The molecule has 0 aliphatic rings. The molecule has 98 valence electrons. The molecule has 6 heteroatoms. The van der Waals surface area contributed by atoms with Crippen molar-refractivity contribution >= 4 is 34.7 Å². The maximum atomic E-state index is 11.8. The predicted octanol–water partition coefficient (Wildman–Crippen LogP) is 3.22. The molecule has 0 spiro atoms. The largest absolute Gasteiger partial charge is 0.291 e. The van der Waals surface area contributed by atoms with Crippen LogP contribution in [0.3, 0.4) is 0 Å². The maximum absolute atomic E-state index is 11.8. The van der Waals surface area contributed by atoms with E-state index in [1.54, 1.807) is 36.4 Å². The third-order valence-electron chi connectivity index (χ3n) is 2.48. The van der Waals surface area contributed by atoms with Crippen molar-refractivity contribution in [1.29, 1.82) is 0 Å². The minimum atomic E-state index is -0.204. The van der Waals surface area contributed by atoms with E-state index < -0.39 is 0 Å². The second kappa shape index (κ2) is 5.69. The second-order valence-electron chi connectivity index (χ2n) is 3.85. The molecule has 0 saturated carbocycles. The van der Waals surface area contributed by atoms with Gasteiger partial charge >= 0.3 is 0 Å². The highest BCUT2D eigenvalue weighted by molar-refractivity contribution is 6.31. The number of anilines is 3. The summed E-state index contributed by atoms with van der Waals surface area (Å²) in [5.41, 5.74) is 3.08. The number of carbonyl (C=O) groups is 1. The van der Waals surface area contributed by atoms with Crippen LogP contribution in [0, 0.1) is 0 Å². The summed E-state index contributed by atoms with van der Waals surface area (Å²) >= 11 is 5.93. The first-order valence-electron chi connectivity index (χ1n) is 5.54. The molecular formula is C13H12ClN3O2. The zero-order valence-corrected chi connectivity index (χ0v) is 10.9. The van der Waals surface area contributed by atoms with Crippen molar-refractivity contribution in [3.8, 4) is 0 Å². The number of aromatic nitrogens is 1. The van der Waals surface area contributed by atoms with Crippen LogP contribution in [0.15, 0.2) is 42.6 Å². The highest BCUT2D eigenvalue weighted by atomic mass is 35.5. The highest BCUT2D eigenvalue weighted by Gasteiger charge is 2.16. The van der Waals surface area contributed by atoms with Crippen LogP contribution in [0.25, 0.3) is 0 Å². The number of amides is 1. The molecular weight excluding hydrogens is 266 g/mol. The summed E-state index contributed by atoms with van der Waals surface area (Å²) in [5, 5.41) is 9.42. The molecule has 0 aliphatic heterocycles. The number of carbonyl (C=O) groups excluding carboxylic acids is 1. The van der Waals surface area contributed by atoms with Crippen molar-refractivity contribution in [2.24, 2.45) is 0 Å². The van der Waals surface area contributed by atoms with E-state index in [1.165, 1.54) is 18.0 Å². The van der Waals surface area contributed by atoms with Crippen LogP contribution in [0.4, 0.5) is 17.2 Å². The number of rotatable bonds is 3. The molecule has 0 atom stereocenters. The van der Waals surface area contributed by atoms with Gasteiger partial charge in [0, 0.05) is 24.2 Å². The van der Waals surface area contributed by atoms with E-state index in [-0.39, 0.29) is 5.91 Å². The molecule has 1 amide bonds. The summed E-state index contributed by atoms with van der Waals surface area (Å²) in [7, 11) is 0. The van der Waals surface area contributed by atoms with Crippen molar-refractivity contribution in [3.63, 3.8) is 0 Å². The van der Waals surface area contributed by atoms with E-state index in [0.29, 0.717) is 22.2 Å². The molecule has 5 nitrogen and oxygen atoms in total. The molecule has 1 aromatic heterocycles. The van der Waals surface area contributed by atoms with Gasteiger partial charge in [-0.25, -0.2) is 4.98 Å². The van der Waals surface area contributed by atoms with Crippen LogP contribution < -0.4 is 10.4 Å². The fourth-order valence-corrected chi connectivity index (χ4v) is 1.89. The van der Waals surface area contributed by atoms with Crippen molar-refractivity contribution in [2.45, 2.75) is 6.92 Å². The molecule has 2 aromatic rings. The van der Waals surface area contributed by atoms with Gasteiger partial charge in [-0.15, -0.1) is 0 Å². The lowest BCUT2D eigenvalue weighted by molar-refractivity contribution is -0.115. The predicted molar refractivity (Wildman–Crippen MR) is 73.9 cm³/mol. The number of halogens is 1. The summed E-state index contributed by atoms with van der Waals surface area (Å²) < 4.78 is 0. The number of nitrogens with zero attached hydrogens (tertiary/aromatic N) is 2. The lowest BCUT2D eigenvalue weighted by atomic mass is 10.2. The average molecular weight is 278 g/mol. The molecule has 2 N–H and O–H groups in total. The highest BCUT2D eigenvalue weighted by Crippen LogP contribution is 2.27. The molecule has 0 radical (unpaired) electrons. The van der Waals surface area contributed by atoms with Crippen molar-refractivity contribution in [3.05, 3.63) is 47.6 Å². The zero-order valence-electron chi connectivity index (χ0n) is 10.2. The van der Waals surface area contributed by atoms with Crippen LogP contribution in [0.2, 0.25) is 5.02 Å². The molecule has 0 saturated heterocycles. The van der Waals surface area contributed by atoms with E-state index in [1.807, 2.05) is 5.48 Å². The third-order valence-corrected chi connectivity index (χ3v) is 2.72. The van der Waals surface area contributed by atoms with Crippen LogP contribution in [0.5, 0.6) is 0 Å². The maximum Gasteiger partial charge on any atom is 0.229 e. The molecule has 19 heavy (non-hydrogen) atoms. The van der Waals surface area contributed by atoms with Crippen LogP contribution in [-0.4, -0.2) is 16.1 Å². The monoisotopic (exact) mass is 277 g/mol. The number of pyridine rings is 1. The van der Waals surface area contributed by atoms with Gasteiger partial charge in [-0.3, -0.25) is 20.4 Å². The average Bonchev–Trinajstić information content (AvgIpc) is 2.39. The smallest absolute Gasteiger partial charge is 0.229 e. The van der Waals surface area contributed by atoms with Gasteiger partial charge in [0.15, 0.2) is 0 Å². The molecule has 0 bridgehead atoms. The molecule has 0 fully saturated rings. The Morgan fingerprint density at radius 1 is 1.37 bits per heavy atom. The number of benzene rings is 1. The Bertz CT molecular complexity index is 604. The summed E-state index contributed by atoms with van der Waals surface area (Å²) in [4.78, 5) is 17.4. The van der Waals surface area contributed by atoms with Crippen LogP contribution in [-0.2, 0) is 4.79 Å². The molecule has 0 unspecified atom stereocenters. The van der Waals surface area contributed by atoms with E-state index in [4.69, 9.17) is 16.8 Å². The fraction of sp³-hybridized carbons (Fsp3) is 0.0769. The third kappa shape index (κ3) is 3.01. The van der Waals surface area contributed by atoms with Gasteiger partial charge in [0.05, 0.1) is 11.4 Å². The van der Waals surface area contributed by atoms with Crippen molar-refractivity contribution in [1.82, 2.24) is 4.98 Å². The first-order valence-corrected chi connectivity index (χ1v) is 5.92. The Morgan fingerprint density at radius 3 is 2.79 bits per heavy atom. The SMILES string of the molecule is CC(=O)N(c1cccc(Cl)c1)c1cc(NO)ccn1. The normalized spacial score (nSPS) is 10.1. The van der Waals surface area contributed by atoms with E-state index >= 15 is 0 Å². The van der Waals surface area contributed by atoms with Gasteiger partial charge < -0.3 is 0 Å². The second-order valence-corrected chi connectivity index (χ2v) is 4.29. The van der Waals surface area contributed by atoms with Gasteiger partial charge in [-0.2, -0.15) is 0 Å². The van der Waals surface area contributed by atoms with Crippen molar-refractivity contribution < 1.29 is 10.0 Å². The Kier molecular flexibility index (Phi) is 3.99. The standard InChI is InChI=1S/C13H12ClN3O2/c1-9(18)17(12-4-2-3-10(14)7-12)13-8-11(16-19)5-6-15-13/h2-8,19H,1H3,(H,15,16). The van der Waals surface area contributed by atoms with Gasteiger partial charge in [-0.1, -0.05) is 17.7 Å². The van der Waals surface area contributed by atoms with E-state index in [2.05, 4.69) is 4.98 Å². The Morgan fingerprint density at radius 2 is 2.16 bits per heavy atom. The fourth-order valence-electron chi connectivity index (χ4n) is 1.70. The number of hydrogen-bond acceptors (Lipinski definition) is 4. The van der Waals surface area contributed by atoms with E-state index in [9.17, 15) is 4.79 Å². The van der Waals surface area contributed by atoms with Gasteiger partial charge in [0.25, 0.3) is 0 Å². The lowest BCUT2D eigenvalue weighted by Crippen LogP contribution is -2.23. The Hall–Kier alpha value is -2.11. The molecule has 0 aliphatic carbocycles. The first kappa shape index (κ1) is 13.3. The van der Waals surface area contributed by atoms with Gasteiger partial charge in [0.1, 0.15) is 5.82 Å². The summed E-state index contributed by atoms with van der Waals surface area (Å²) in [6.45, 7) is 1.43. The van der Waals surface area contributed by atoms with Crippen molar-refractivity contribution in [2.75, 3.05) is 10.4 Å². The summed E-state index contributed by atoms with van der Waals surface area (Å²) in [6, 6.07) is 10.0. The quantitative estimate of drug-likeness (QED) is 0.846. The lowest BCUT2D eigenvalue weighted by Gasteiger charge is -2.20. The van der Waals surface area contributed by atoms with E-state index in [0.717, 1.165) is 0 Å². The zero-order chi connectivity index (χ0) is 13.8. The minimum Gasteiger partial charge on any atom is -0.291 e. The van der Waals surface area contributed by atoms with Gasteiger partial charge in [-0.05, 0) is 24.3 Å². The Labute approximate surface area is 115 Å². The van der Waals surface area contributed by atoms with Crippen LogP contribution in [0.1, 0.15) is 6.92 Å². The molecule has 1 heterocycles. The molecule has 1 aromatic carbocycles. The Balaban J connectivity index is 2.48. The van der Waals surface area contributed by atoms with Gasteiger partial charge in [0.2, 0.25) is 5.91 Å². The topological polar surface area (TPSA) is 65.5 Å². The molecule has 2 rings (SSSR count). The minimum absolute atomic E-state index is 0.204. The number of hydrogen-bond donors (Lipinski definition) is 2. The van der Waals surface area contributed by atoms with Crippen LogP contribution >= 0.6 is 11.6 Å². The summed E-state index contributed by atoms with van der Waals surface area (Å²) in [5.74, 6) is 0.193. The first-order chi connectivity index (χ1) is 9.11. The number of nitrogens with one attached hydrogen (secondary N) is 1.